The normalized spacial score (nSPS) is 10.8. The fourth-order valence-electron chi connectivity index (χ4n) is 2.15. The van der Waals surface area contributed by atoms with Gasteiger partial charge in [-0.15, -0.1) is 0 Å². The Morgan fingerprint density at radius 2 is 1.55 bits per heavy atom. The Hall–Kier alpha value is -1.84. The van der Waals surface area contributed by atoms with Crippen LogP contribution in [0.3, 0.4) is 0 Å². The van der Waals surface area contributed by atoms with E-state index in [-0.39, 0.29) is 0 Å². The van der Waals surface area contributed by atoms with Crippen LogP contribution in [0.2, 0.25) is 5.02 Å². The van der Waals surface area contributed by atoms with Crippen LogP contribution in [-0.4, -0.2) is 0 Å². The number of fused-ring (bicyclic) bond motifs is 1. The van der Waals surface area contributed by atoms with Crippen molar-refractivity contribution in [3.8, 4) is 0 Å². The highest BCUT2D eigenvalue weighted by molar-refractivity contribution is 7.99. The molecule has 0 amide bonds. The van der Waals surface area contributed by atoms with Gasteiger partial charge in [0.25, 0.3) is 0 Å². The van der Waals surface area contributed by atoms with Crippen LogP contribution in [-0.2, 0) is 0 Å². The van der Waals surface area contributed by atoms with E-state index in [9.17, 15) is 0 Å². The SMILES string of the molecule is Nc1cc(Cl)ccc1Sc1cccc2cccc(N)c12. The Morgan fingerprint density at radius 1 is 0.800 bits per heavy atom. The van der Waals surface area contributed by atoms with Gasteiger partial charge < -0.3 is 11.5 Å². The van der Waals surface area contributed by atoms with Crippen LogP contribution >= 0.6 is 23.4 Å². The Morgan fingerprint density at radius 3 is 2.30 bits per heavy atom. The summed E-state index contributed by atoms with van der Waals surface area (Å²) in [7, 11) is 0. The van der Waals surface area contributed by atoms with Gasteiger partial charge in [0.2, 0.25) is 0 Å². The predicted molar refractivity (Wildman–Crippen MR) is 88.3 cm³/mol. The smallest absolute Gasteiger partial charge is 0.0470 e. The molecule has 0 spiro atoms. The van der Waals surface area contributed by atoms with Gasteiger partial charge in [-0.1, -0.05) is 47.6 Å². The number of anilines is 2. The molecule has 0 unspecified atom stereocenters. The van der Waals surface area contributed by atoms with Crippen LogP contribution in [0.4, 0.5) is 11.4 Å². The molecule has 0 aliphatic rings. The molecule has 3 rings (SSSR count). The Kier molecular flexibility index (Phi) is 3.47. The Bertz CT molecular complexity index is 781. The van der Waals surface area contributed by atoms with Crippen LogP contribution in [0.5, 0.6) is 0 Å². The van der Waals surface area contributed by atoms with E-state index in [1.54, 1.807) is 17.8 Å². The highest BCUT2D eigenvalue weighted by atomic mass is 35.5. The van der Waals surface area contributed by atoms with Crippen molar-refractivity contribution >= 4 is 45.5 Å². The minimum Gasteiger partial charge on any atom is -0.398 e. The number of nitrogens with two attached hydrogens (primary N) is 2. The van der Waals surface area contributed by atoms with Crippen molar-refractivity contribution in [1.82, 2.24) is 0 Å². The van der Waals surface area contributed by atoms with Gasteiger partial charge in [-0.25, -0.2) is 0 Å². The summed E-state index contributed by atoms with van der Waals surface area (Å²) in [6.07, 6.45) is 0. The first-order chi connectivity index (χ1) is 9.65. The summed E-state index contributed by atoms with van der Waals surface area (Å²) >= 11 is 7.53. The van der Waals surface area contributed by atoms with Gasteiger partial charge in [0.1, 0.15) is 0 Å². The second-order valence-corrected chi connectivity index (χ2v) is 6.01. The quantitative estimate of drug-likeness (QED) is 0.668. The van der Waals surface area contributed by atoms with Gasteiger partial charge in [0.05, 0.1) is 0 Å². The molecule has 0 bridgehead atoms. The predicted octanol–water partition coefficient (Wildman–Crippen LogP) is 4.81. The average molecular weight is 301 g/mol. The number of rotatable bonds is 2. The summed E-state index contributed by atoms with van der Waals surface area (Å²) in [6, 6.07) is 17.6. The summed E-state index contributed by atoms with van der Waals surface area (Å²) in [6.45, 7) is 0. The van der Waals surface area contributed by atoms with Crippen molar-refractivity contribution < 1.29 is 0 Å². The molecule has 20 heavy (non-hydrogen) atoms. The molecule has 0 atom stereocenters. The van der Waals surface area contributed by atoms with E-state index in [4.69, 9.17) is 23.1 Å². The molecule has 4 N–H and O–H groups in total. The van der Waals surface area contributed by atoms with E-state index in [2.05, 4.69) is 18.2 Å². The van der Waals surface area contributed by atoms with Crippen LogP contribution in [0.25, 0.3) is 10.8 Å². The maximum absolute atomic E-state index is 6.11. The van der Waals surface area contributed by atoms with E-state index in [0.29, 0.717) is 10.7 Å². The topological polar surface area (TPSA) is 52.0 Å². The molecule has 100 valence electrons. The van der Waals surface area contributed by atoms with E-state index in [1.807, 2.05) is 30.3 Å². The molecule has 4 heteroatoms. The number of nitrogen functional groups attached to an aromatic ring is 2. The third-order valence-corrected chi connectivity index (χ3v) is 4.48. The first-order valence-electron chi connectivity index (χ1n) is 6.15. The molecule has 0 saturated carbocycles. The number of hydrogen-bond acceptors (Lipinski definition) is 3. The van der Waals surface area contributed by atoms with Crippen LogP contribution in [0.1, 0.15) is 0 Å². The van der Waals surface area contributed by atoms with Gasteiger partial charge in [-0.2, -0.15) is 0 Å². The zero-order valence-corrected chi connectivity index (χ0v) is 12.2. The molecular weight excluding hydrogens is 288 g/mol. The first kappa shape index (κ1) is 13.2. The largest absolute Gasteiger partial charge is 0.398 e. The van der Waals surface area contributed by atoms with E-state index in [1.165, 1.54) is 0 Å². The van der Waals surface area contributed by atoms with Crippen molar-refractivity contribution in [2.45, 2.75) is 9.79 Å². The van der Waals surface area contributed by atoms with Crippen molar-refractivity contribution in [2.24, 2.45) is 0 Å². The summed E-state index contributed by atoms with van der Waals surface area (Å²) < 4.78 is 0. The molecule has 3 aromatic carbocycles. The van der Waals surface area contributed by atoms with Gasteiger partial charge in [-0.3, -0.25) is 0 Å². The zero-order valence-electron chi connectivity index (χ0n) is 10.6. The Balaban J connectivity index is 2.11. The van der Waals surface area contributed by atoms with Crippen LogP contribution in [0, 0.1) is 0 Å². The lowest BCUT2D eigenvalue weighted by atomic mass is 10.1. The molecule has 0 saturated heterocycles. The maximum atomic E-state index is 6.11. The lowest BCUT2D eigenvalue weighted by molar-refractivity contribution is 1.44. The highest BCUT2D eigenvalue weighted by Gasteiger charge is 2.08. The third kappa shape index (κ3) is 2.42. The van der Waals surface area contributed by atoms with Crippen molar-refractivity contribution in [2.75, 3.05) is 11.5 Å². The minimum absolute atomic E-state index is 0.643. The summed E-state index contributed by atoms with van der Waals surface area (Å²) in [5.41, 5.74) is 13.6. The van der Waals surface area contributed by atoms with E-state index >= 15 is 0 Å². The highest BCUT2D eigenvalue weighted by Crippen LogP contribution is 2.39. The number of hydrogen-bond donors (Lipinski definition) is 2. The minimum atomic E-state index is 0.643. The molecule has 0 fully saturated rings. The second kappa shape index (κ2) is 5.27. The molecule has 2 nitrogen and oxygen atoms in total. The van der Waals surface area contributed by atoms with Crippen LogP contribution in [0.15, 0.2) is 64.4 Å². The molecule has 0 aliphatic carbocycles. The zero-order chi connectivity index (χ0) is 14.1. The standard InChI is InChI=1S/C16H13ClN2S/c17-11-7-8-14(13(19)9-11)20-15-6-2-4-10-3-1-5-12(18)16(10)15/h1-9H,18-19H2. The van der Waals surface area contributed by atoms with Crippen molar-refractivity contribution in [1.29, 1.82) is 0 Å². The van der Waals surface area contributed by atoms with Crippen molar-refractivity contribution in [3.05, 3.63) is 59.6 Å². The molecule has 0 radical (unpaired) electrons. The molecule has 0 aromatic heterocycles. The van der Waals surface area contributed by atoms with E-state index in [0.717, 1.165) is 26.3 Å². The first-order valence-corrected chi connectivity index (χ1v) is 7.35. The average Bonchev–Trinajstić information content (AvgIpc) is 2.42. The molecule has 0 heterocycles. The summed E-state index contributed by atoms with van der Waals surface area (Å²) in [5.74, 6) is 0. The second-order valence-electron chi connectivity index (χ2n) is 4.49. The maximum Gasteiger partial charge on any atom is 0.0470 e. The summed E-state index contributed by atoms with van der Waals surface area (Å²) in [5, 5.41) is 2.83. The lowest BCUT2D eigenvalue weighted by Gasteiger charge is -2.10. The third-order valence-electron chi connectivity index (χ3n) is 3.09. The fourth-order valence-corrected chi connectivity index (χ4v) is 3.37. The molecule has 0 aliphatic heterocycles. The van der Waals surface area contributed by atoms with Gasteiger partial charge in [0, 0.05) is 31.6 Å². The summed E-state index contributed by atoms with van der Waals surface area (Å²) in [4.78, 5) is 2.07. The number of halogens is 1. The molecular formula is C16H13ClN2S. The van der Waals surface area contributed by atoms with Crippen LogP contribution < -0.4 is 11.5 Å². The van der Waals surface area contributed by atoms with Gasteiger partial charge in [-0.05, 0) is 35.7 Å². The number of benzene rings is 3. The Labute approximate surface area is 126 Å². The van der Waals surface area contributed by atoms with Gasteiger partial charge in [0.15, 0.2) is 0 Å². The lowest BCUT2D eigenvalue weighted by Crippen LogP contribution is -1.90. The van der Waals surface area contributed by atoms with Gasteiger partial charge >= 0.3 is 0 Å². The van der Waals surface area contributed by atoms with Crippen molar-refractivity contribution in [3.63, 3.8) is 0 Å². The monoisotopic (exact) mass is 300 g/mol. The fraction of sp³-hybridized carbons (Fsp3) is 0. The molecule has 3 aromatic rings. The van der Waals surface area contributed by atoms with E-state index < -0.39 is 0 Å².